The maximum Gasteiger partial charge on any atom is 0.347 e. The molecule has 3 aromatic carbocycles. The van der Waals surface area contributed by atoms with E-state index in [2.05, 4.69) is 0 Å². The molecule has 1 N–H and O–H groups in total. The van der Waals surface area contributed by atoms with Gasteiger partial charge in [0, 0.05) is 18.7 Å². The van der Waals surface area contributed by atoms with Crippen molar-refractivity contribution in [3.63, 3.8) is 0 Å². The van der Waals surface area contributed by atoms with E-state index in [0.717, 1.165) is 5.56 Å². The van der Waals surface area contributed by atoms with E-state index in [4.69, 9.17) is 23.7 Å². The summed E-state index contributed by atoms with van der Waals surface area (Å²) in [7, 11) is 2.84. The highest BCUT2D eigenvalue weighted by atomic mass is 16.7. The Bertz CT molecular complexity index is 1240. The minimum absolute atomic E-state index is 0.00414. The van der Waals surface area contributed by atoms with Crippen molar-refractivity contribution in [3.05, 3.63) is 81.4 Å². The summed E-state index contributed by atoms with van der Waals surface area (Å²) in [5.41, 5.74) is 3.00. The number of rotatable bonds is 9. The van der Waals surface area contributed by atoms with E-state index in [0.29, 0.717) is 34.8 Å². The van der Waals surface area contributed by atoms with Crippen LogP contribution < -0.4 is 14.2 Å². The van der Waals surface area contributed by atoms with Gasteiger partial charge in [-0.1, -0.05) is 30.3 Å². The lowest BCUT2D eigenvalue weighted by molar-refractivity contribution is -0.0127. The lowest BCUT2D eigenvalue weighted by atomic mass is 9.97. The zero-order chi connectivity index (χ0) is 26.4. The second-order valence-electron chi connectivity index (χ2n) is 8.25. The van der Waals surface area contributed by atoms with Crippen LogP contribution in [0.1, 0.15) is 48.5 Å². The number of benzene rings is 3. The first-order chi connectivity index (χ1) is 17.2. The number of esters is 2. The van der Waals surface area contributed by atoms with Crippen LogP contribution in [0.5, 0.6) is 23.0 Å². The van der Waals surface area contributed by atoms with Crippen LogP contribution in [-0.4, -0.2) is 38.1 Å². The first-order valence-electron chi connectivity index (χ1n) is 11.3. The second-order valence-corrected chi connectivity index (χ2v) is 8.25. The van der Waals surface area contributed by atoms with Crippen molar-refractivity contribution in [2.45, 2.75) is 34.3 Å². The van der Waals surface area contributed by atoms with Gasteiger partial charge in [0.1, 0.15) is 40.7 Å². The molecule has 0 unspecified atom stereocenters. The number of carbonyl (C=O) groups is 2. The van der Waals surface area contributed by atoms with Gasteiger partial charge in [-0.3, -0.25) is 0 Å². The van der Waals surface area contributed by atoms with E-state index in [1.54, 1.807) is 39.8 Å². The lowest BCUT2D eigenvalue weighted by Crippen LogP contribution is -2.16. The highest BCUT2D eigenvalue weighted by molar-refractivity contribution is 5.98. The van der Waals surface area contributed by atoms with E-state index >= 15 is 0 Å². The van der Waals surface area contributed by atoms with Crippen LogP contribution in [0.3, 0.4) is 0 Å². The Labute approximate surface area is 210 Å². The first kappa shape index (κ1) is 26.6. The van der Waals surface area contributed by atoms with Crippen molar-refractivity contribution in [3.8, 4) is 23.0 Å². The van der Waals surface area contributed by atoms with E-state index in [1.165, 1.54) is 14.2 Å². The van der Waals surface area contributed by atoms with Crippen molar-refractivity contribution in [2.75, 3.05) is 21.0 Å². The average molecular weight is 495 g/mol. The third kappa shape index (κ3) is 5.60. The Hall–Kier alpha value is -4.04. The minimum Gasteiger partial charge on any atom is -0.507 e. The molecule has 0 aliphatic carbocycles. The molecule has 3 aromatic rings. The molecular weight excluding hydrogens is 464 g/mol. The summed E-state index contributed by atoms with van der Waals surface area (Å²) >= 11 is 0. The molecule has 36 heavy (non-hydrogen) atoms. The molecule has 0 saturated heterocycles. The Balaban J connectivity index is 1.90. The summed E-state index contributed by atoms with van der Waals surface area (Å²) in [4.78, 5) is 25.7. The number of ether oxygens (including phenoxy) is 5. The SMILES string of the molecule is COCOC(=O)c1c(C)c(C)c(OC(=O)c2c(C)cc(OCc3ccccc3)cc2OC)c(C)c1O. The summed E-state index contributed by atoms with van der Waals surface area (Å²) < 4.78 is 26.8. The van der Waals surface area contributed by atoms with Crippen LogP contribution in [-0.2, 0) is 16.1 Å². The number of methoxy groups -OCH3 is 2. The number of aryl methyl sites for hydroxylation is 1. The van der Waals surface area contributed by atoms with E-state index in [-0.39, 0.29) is 35.0 Å². The Morgan fingerprint density at radius 1 is 0.861 bits per heavy atom. The minimum atomic E-state index is -0.737. The highest BCUT2D eigenvalue weighted by Gasteiger charge is 2.27. The molecule has 0 saturated carbocycles. The molecule has 0 fully saturated rings. The Morgan fingerprint density at radius 3 is 2.19 bits per heavy atom. The van der Waals surface area contributed by atoms with Crippen LogP contribution in [0.25, 0.3) is 0 Å². The zero-order valence-corrected chi connectivity index (χ0v) is 21.3. The zero-order valence-electron chi connectivity index (χ0n) is 21.3. The van der Waals surface area contributed by atoms with Gasteiger partial charge in [-0.25, -0.2) is 9.59 Å². The largest absolute Gasteiger partial charge is 0.507 e. The second kappa shape index (κ2) is 11.6. The van der Waals surface area contributed by atoms with Gasteiger partial charge in [-0.05, 0) is 56.0 Å². The van der Waals surface area contributed by atoms with Crippen molar-refractivity contribution < 1.29 is 38.4 Å². The smallest absolute Gasteiger partial charge is 0.347 e. The summed E-state index contributed by atoms with van der Waals surface area (Å²) in [6.45, 7) is 6.76. The van der Waals surface area contributed by atoms with Crippen molar-refractivity contribution in [2.24, 2.45) is 0 Å². The third-order valence-electron chi connectivity index (χ3n) is 5.86. The molecule has 0 aliphatic rings. The molecular formula is C28H30O8. The monoisotopic (exact) mass is 494 g/mol. The molecule has 0 aliphatic heterocycles. The molecule has 8 nitrogen and oxygen atoms in total. The molecule has 0 aromatic heterocycles. The van der Waals surface area contributed by atoms with Gasteiger partial charge in [0.05, 0.1) is 7.11 Å². The lowest BCUT2D eigenvalue weighted by Gasteiger charge is -2.19. The van der Waals surface area contributed by atoms with Crippen molar-refractivity contribution in [1.82, 2.24) is 0 Å². The van der Waals surface area contributed by atoms with Crippen LogP contribution in [0.15, 0.2) is 42.5 Å². The van der Waals surface area contributed by atoms with Crippen molar-refractivity contribution in [1.29, 1.82) is 0 Å². The normalized spacial score (nSPS) is 10.6. The summed E-state index contributed by atoms with van der Waals surface area (Å²) in [5.74, 6) is -0.735. The standard InChI is InChI=1S/C28H30O8/c1-16-12-21(34-14-20-10-8-7-9-11-20)13-22(33-6)23(16)28(31)36-26-18(3)17(2)24(25(29)19(26)4)27(30)35-15-32-5/h7-13,29H,14-15H2,1-6H3. The third-order valence-corrected chi connectivity index (χ3v) is 5.86. The molecule has 0 bridgehead atoms. The fourth-order valence-corrected chi connectivity index (χ4v) is 3.81. The van der Waals surface area contributed by atoms with Gasteiger partial charge in [-0.15, -0.1) is 0 Å². The molecule has 190 valence electrons. The van der Waals surface area contributed by atoms with Gasteiger partial charge < -0.3 is 28.8 Å². The number of carbonyl (C=O) groups excluding carboxylic acids is 2. The number of hydrogen-bond acceptors (Lipinski definition) is 8. The number of aromatic hydroxyl groups is 1. The topological polar surface area (TPSA) is 101 Å². The van der Waals surface area contributed by atoms with E-state index in [1.807, 2.05) is 30.3 Å². The molecule has 0 atom stereocenters. The van der Waals surface area contributed by atoms with Crippen LogP contribution >= 0.6 is 0 Å². The van der Waals surface area contributed by atoms with E-state index < -0.39 is 11.9 Å². The number of phenols is 1. The van der Waals surface area contributed by atoms with Gasteiger partial charge >= 0.3 is 11.9 Å². The predicted molar refractivity (Wildman–Crippen MR) is 133 cm³/mol. The summed E-state index contributed by atoms with van der Waals surface area (Å²) in [6, 6.07) is 13.1. The van der Waals surface area contributed by atoms with Crippen LogP contribution in [0.4, 0.5) is 0 Å². The maximum absolute atomic E-state index is 13.3. The number of phenolic OH excluding ortho intramolecular Hbond substituents is 1. The molecule has 0 radical (unpaired) electrons. The fraction of sp³-hybridized carbons (Fsp3) is 0.286. The molecule has 3 rings (SSSR count). The maximum atomic E-state index is 13.3. The summed E-state index contributed by atoms with van der Waals surface area (Å²) in [5, 5.41) is 10.7. The summed E-state index contributed by atoms with van der Waals surface area (Å²) in [6.07, 6.45) is 0. The quantitative estimate of drug-likeness (QED) is 0.246. The number of hydrogen-bond donors (Lipinski definition) is 1. The van der Waals surface area contributed by atoms with Gasteiger partial charge in [0.15, 0.2) is 6.79 Å². The first-order valence-corrected chi connectivity index (χ1v) is 11.3. The van der Waals surface area contributed by atoms with Crippen LogP contribution in [0.2, 0.25) is 0 Å². The van der Waals surface area contributed by atoms with Gasteiger partial charge in [0.25, 0.3) is 0 Å². The molecule has 0 amide bonds. The van der Waals surface area contributed by atoms with Crippen LogP contribution in [0, 0.1) is 27.7 Å². The molecule has 0 heterocycles. The van der Waals surface area contributed by atoms with E-state index in [9.17, 15) is 14.7 Å². The van der Waals surface area contributed by atoms with Gasteiger partial charge in [0.2, 0.25) is 0 Å². The fourth-order valence-electron chi connectivity index (χ4n) is 3.81. The Morgan fingerprint density at radius 2 is 1.56 bits per heavy atom. The van der Waals surface area contributed by atoms with Gasteiger partial charge in [-0.2, -0.15) is 0 Å². The highest BCUT2D eigenvalue weighted by Crippen LogP contribution is 2.39. The Kier molecular flexibility index (Phi) is 8.55. The van der Waals surface area contributed by atoms with Crippen molar-refractivity contribution >= 4 is 11.9 Å². The predicted octanol–water partition coefficient (Wildman–Crippen LogP) is 5.19. The average Bonchev–Trinajstić information content (AvgIpc) is 2.87. The molecule has 0 spiro atoms. The molecule has 8 heteroatoms.